The van der Waals surface area contributed by atoms with Crippen LogP contribution >= 0.6 is 11.6 Å². The van der Waals surface area contributed by atoms with Crippen molar-refractivity contribution >= 4 is 33.2 Å². The van der Waals surface area contributed by atoms with Gasteiger partial charge in [0.15, 0.2) is 0 Å². The number of hydrogen-bond donors (Lipinski definition) is 1. The zero-order valence-electron chi connectivity index (χ0n) is 17.1. The minimum atomic E-state index is -3.62. The molecule has 0 saturated carbocycles. The van der Waals surface area contributed by atoms with Crippen LogP contribution in [0.1, 0.15) is 19.3 Å². The average Bonchev–Trinajstić information content (AvgIpc) is 2.77. The lowest BCUT2D eigenvalue weighted by molar-refractivity contribution is -0.126. The predicted molar refractivity (Wildman–Crippen MR) is 120 cm³/mol. The van der Waals surface area contributed by atoms with E-state index in [9.17, 15) is 13.2 Å². The molecule has 1 saturated heterocycles. The van der Waals surface area contributed by atoms with Gasteiger partial charge in [0.1, 0.15) is 0 Å². The molecule has 3 rings (SSSR count). The Bertz CT molecular complexity index is 936. The maximum Gasteiger partial charge on any atom is 0.243 e. The van der Waals surface area contributed by atoms with E-state index in [0.717, 1.165) is 18.7 Å². The highest BCUT2D eigenvalue weighted by atomic mass is 35.5. The van der Waals surface area contributed by atoms with Crippen LogP contribution in [0.5, 0.6) is 0 Å². The van der Waals surface area contributed by atoms with Crippen LogP contribution in [0, 0.1) is 5.92 Å². The molecule has 1 amide bonds. The van der Waals surface area contributed by atoms with Crippen LogP contribution in [0.4, 0.5) is 5.69 Å². The molecule has 8 heteroatoms. The molecule has 1 N–H and O–H groups in total. The van der Waals surface area contributed by atoms with Crippen molar-refractivity contribution < 1.29 is 13.2 Å². The number of hydrogen-bond acceptors (Lipinski definition) is 4. The average molecular weight is 450 g/mol. The predicted octanol–water partition coefficient (Wildman–Crippen LogP) is 3.38. The van der Waals surface area contributed by atoms with Crippen molar-refractivity contribution in [3.63, 3.8) is 0 Å². The first-order valence-electron chi connectivity index (χ1n) is 10.2. The van der Waals surface area contributed by atoms with Crippen LogP contribution in [0.3, 0.4) is 0 Å². The first kappa shape index (κ1) is 22.6. The van der Waals surface area contributed by atoms with Gasteiger partial charge in [-0.2, -0.15) is 4.31 Å². The second-order valence-corrected chi connectivity index (χ2v) is 9.93. The van der Waals surface area contributed by atoms with Crippen LogP contribution in [0.25, 0.3) is 0 Å². The van der Waals surface area contributed by atoms with E-state index in [-0.39, 0.29) is 23.3 Å². The number of anilines is 1. The fraction of sp³-hybridized carbons (Fsp3) is 0.409. The molecule has 0 radical (unpaired) electrons. The minimum Gasteiger partial charge on any atom is -0.375 e. The summed E-state index contributed by atoms with van der Waals surface area (Å²) in [6.45, 7) is 2.03. The van der Waals surface area contributed by atoms with Gasteiger partial charge in [-0.15, -0.1) is 0 Å². The maximum atomic E-state index is 12.9. The second-order valence-electron chi connectivity index (χ2n) is 7.56. The Hall–Kier alpha value is -2.09. The zero-order chi connectivity index (χ0) is 21.6. The van der Waals surface area contributed by atoms with Gasteiger partial charge in [0.05, 0.1) is 10.8 Å². The Balaban J connectivity index is 1.49. The highest BCUT2D eigenvalue weighted by molar-refractivity contribution is 7.89. The number of carbonyl (C=O) groups is 1. The van der Waals surface area contributed by atoms with Crippen molar-refractivity contribution in [2.75, 3.05) is 38.1 Å². The summed E-state index contributed by atoms with van der Waals surface area (Å²) in [6, 6.07) is 16.2. The largest absolute Gasteiger partial charge is 0.375 e. The van der Waals surface area contributed by atoms with E-state index in [0.29, 0.717) is 31.0 Å². The van der Waals surface area contributed by atoms with Crippen molar-refractivity contribution in [1.82, 2.24) is 9.62 Å². The number of halogens is 1. The summed E-state index contributed by atoms with van der Waals surface area (Å²) in [7, 11) is -1.60. The number of para-hydroxylation sites is 1. The summed E-state index contributed by atoms with van der Waals surface area (Å²) < 4.78 is 27.2. The number of nitrogens with zero attached hydrogens (tertiary/aromatic N) is 2. The number of sulfonamides is 1. The third-order valence-electron chi connectivity index (χ3n) is 5.37. The van der Waals surface area contributed by atoms with E-state index in [4.69, 9.17) is 11.6 Å². The summed E-state index contributed by atoms with van der Waals surface area (Å²) in [6.07, 6.45) is 2.18. The third-order valence-corrected chi connectivity index (χ3v) is 7.50. The highest BCUT2D eigenvalue weighted by Gasteiger charge is 2.33. The normalized spacial score (nSPS) is 17.5. The Labute approximate surface area is 183 Å². The molecule has 0 aliphatic carbocycles. The Morgan fingerprint density at radius 1 is 1.17 bits per heavy atom. The molecular weight excluding hydrogens is 422 g/mol. The molecule has 30 heavy (non-hydrogen) atoms. The monoisotopic (exact) mass is 449 g/mol. The molecule has 1 atom stereocenters. The van der Waals surface area contributed by atoms with Crippen LogP contribution in [0.15, 0.2) is 59.5 Å². The summed E-state index contributed by atoms with van der Waals surface area (Å²) in [5, 5.41) is 3.46. The van der Waals surface area contributed by atoms with Crippen molar-refractivity contribution in [1.29, 1.82) is 0 Å². The molecule has 2 aromatic carbocycles. The van der Waals surface area contributed by atoms with Gasteiger partial charge >= 0.3 is 0 Å². The molecular formula is C22H28ClN3O3S. The lowest BCUT2D eigenvalue weighted by Crippen LogP contribution is -2.45. The number of nitrogens with one attached hydrogen (secondary N) is 1. The van der Waals surface area contributed by atoms with Crippen molar-refractivity contribution in [2.45, 2.75) is 24.2 Å². The fourth-order valence-corrected chi connectivity index (χ4v) is 5.26. The van der Waals surface area contributed by atoms with Gasteiger partial charge in [0.2, 0.25) is 15.9 Å². The molecule has 2 aromatic rings. The molecule has 0 unspecified atom stereocenters. The van der Waals surface area contributed by atoms with Gasteiger partial charge in [-0.05, 0) is 55.7 Å². The van der Waals surface area contributed by atoms with E-state index in [2.05, 4.69) is 22.3 Å². The SMILES string of the molecule is CN(CCCNC(=O)[C@H]1CCCN(S(=O)(=O)c2ccc(Cl)cc2)C1)c1ccccc1. The highest BCUT2D eigenvalue weighted by Crippen LogP contribution is 2.25. The van der Waals surface area contributed by atoms with E-state index in [1.54, 1.807) is 12.1 Å². The number of benzene rings is 2. The van der Waals surface area contributed by atoms with Crippen LogP contribution in [-0.2, 0) is 14.8 Å². The second kappa shape index (κ2) is 10.3. The number of amides is 1. The van der Waals surface area contributed by atoms with Gasteiger partial charge in [-0.3, -0.25) is 4.79 Å². The molecule has 1 heterocycles. The van der Waals surface area contributed by atoms with Gasteiger partial charge in [0, 0.05) is 43.9 Å². The fourth-order valence-electron chi connectivity index (χ4n) is 3.61. The van der Waals surface area contributed by atoms with E-state index < -0.39 is 10.0 Å². The van der Waals surface area contributed by atoms with E-state index in [1.165, 1.54) is 16.4 Å². The number of rotatable bonds is 8. The first-order chi connectivity index (χ1) is 14.4. The summed E-state index contributed by atoms with van der Waals surface area (Å²) in [4.78, 5) is 15.0. The molecule has 6 nitrogen and oxygen atoms in total. The van der Waals surface area contributed by atoms with Crippen LogP contribution < -0.4 is 10.2 Å². The maximum absolute atomic E-state index is 12.9. The lowest BCUT2D eigenvalue weighted by atomic mass is 9.99. The molecule has 0 spiro atoms. The lowest BCUT2D eigenvalue weighted by Gasteiger charge is -2.31. The standard InChI is InChI=1S/C22H28ClN3O3S/c1-25(20-8-3-2-4-9-20)15-6-14-24-22(27)18-7-5-16-26(17-18)30(28,29)21-12-10-19(23)11-13-21/h2-4,8-13,18H,5-7,14-17H2,1H3,(H,24,27)/t18-/m0/s1. The molecule has 1 aliphatic heterocycles. The summed E-state index contributed by atoms with van der Waals surface area (Å²) >= 11 is 5.86. The first-order valence-corrected chi connectivity index (χ1v) is 12.0. The Kier molecular flexibility index (Phi) is 7.75. The number of piperidine rings is 1. The van der Waals surface area contributed by atoms with Crippen molar-refractivity contribution in [3.8, 4) is 0 Å². The molecule has 1 aliphatic rings. The van der Waals surface area contributed by atoms with E-state index >= 15 is 0 Å². The van der Waals surface area contributed by atoms with Gasteiger partial charge < -0.3 is 10.2 Å². The van der Waals surface area contributed by atoms with Crippen molar-refractivity contribution in [3.05, 3.63) is 59.6 Å². The zero-order valence-corrected chi connectivity index (χ0v) is 18.7. The molecule has 0 bridgehead atoms. The van der Waals surface area contributed by atoms with Gasteiger partial charge in [-0.1, -0.05) is 29.8 Å². The van der Waals surface area contributed by atoms with Crippen molar-refractivity contribution in [2.24, 2.45) is 5.92 Å². The molecule has 162 valence electrons. The topological polar surface area (TPSA) is 69.7 Å². The smallest absolute Gasteiger partial charge is 0.243 e. The van der Waals surface area contributed by atoms with E-state index in [1.807, 2.05) is 25.2 Å². The van der Waals surface area contributed by atoms with Gasteiger partial charge in [0.25, 0.3) is 0 Å². The summed E-state index contributed by atoms with van der Waals surface area (Å²) in [5.74, 6) is -0.402. The quantitative estimate of drug-likeness (QED) is 0.627. The van der Waals surface area contributed by atoms with Gasteiger partial charge in [-0.25, -0.2) is 8.42 Å². The van der Waals surface area contributed by atoms with Crippen LogP contribution in [-0.4, -0.2) is 51.9 Å². The minimum absolute atomic E-state index is 0.0756. The van der Waals surface area contributed by atoms with Crippen LogP contribution in [0.2, 0.25) is 5.02 Å². The molecule has 1 fully saturated rings. The third kappa shape index (κ3) is 5.74. The Morgan fingerprint density at radius 2 is 1.87 bits per heavy atom. The molecule has 0 aromatic heterocycles. The Morgan fingerprint density at radius 3 is 2.57 bits per heavy atom. The number of carbonyl (C=O) groups excluding carboxylic acids is 1. The summed E-state index contributed by atoms with van der Waals surface area (Å²) in [5.41, 5.74) is 1.14.